The van der Waals surface area contributed by atoms with E-state index in [0.717, 1.165) is 0 Å². The summed E-state index contributed by atoms with van der Waals surface area (Å²) in [7, 11) is 1.63. The lowest BCUT2D eigenvalue weighted by molar-refractivity contribution is 0.0774. The number of amides is 1. The van der Waals surface area contributed by atoms with Gasteiger partial charge in [0.1, 0.15) is 5.76 Å². The predicted octanol–water partition coefficient (Wildman–Crippen LogP) is 3.41. The molecule has 0 radical (unpaired) electrons. The number of aromatic nitrogens is 2. The van der Waals surface area contributed by atoms with Gasteiger partial charge in [-0.25, -0.2) is 0 Å². The van der Waals surface area contributed by atoms with Gasteiger partial charge in [-0.1, -0.05) is 23.2 Å². The minimum atomic E-state index is -0.311. The zero-order chi connectivity index (χ0) is 14.0. The van der Waals surface area contributed by atoms with E-state index in [9.17, 15) is 4.79 Å². The summed E-state index contributed by atoms with van der Waals surface area (Å²) in [6, 6.07) is 4.91. The number of rotatable bonds is 3. The highest BCUT2D eigenvalue weighted by molar-refractivity contribution is 9.10. The second kappa shape index (κ2) is 5.90. The first-order chi connectivity index (χ1) is 8.97. The first-order valence-corrected chi connectivity index (χ1v) is 6.70. The third kappa shape index (κ3) is 3.46. The van der Waals surface area contributed by atoms with Gasteiger partial charge in [-0.15, -0.1) is 10.2 Å². The van der Waals surface area contributed by atoms with Crippen LogP contribution in [0.4, 0.5) is 0 Å². The molecule has 0 saturated carbocycles. The lowest BCUT2D eigenvalue weighted by atomic mass is 10.2. The van der Waals surface area contributed by atoms with E-state index in [4.69, 9.17) is 27.6 Å². The van der Waals surface area contributed by atoms with Crippen LogP contribution in [0.25, 0.3) is 0 Å². The summed E-state index contributed by atoms with van der Waals surface area (Å²) in [4.78, 5) is 13.6. The van der Waals surface area contributed by atoms with Gasteiger partial charge in [0, 0.05) is 7.05 Å². The van der Waals surface area contributed by atoms with Crippen LogP contribution in [0.15, 0.2) is 27.3 Å². The van der Waals surface area contributed by atoms with E-state index in [2.05, 4.69) is 26.1 Å². The molecule has 2 rings (SSSR count). The van der Waals surface area contributed by atoms with Crippen molar-refractivity contribution in [3.05, 3.63) is 44.5 Å². The van der Waals surface area contributed by atoms with Crippen LogP contribution in [-0.2, 0) is 6.54 Å². The van der Waals surface area contributed by atoms with Crippen LogP contribution >= 0.6 is 39.1 Å². The zero-order valence-corrected chi connectivity index (χ0v) is 12.8. The van der Waals surface area contributed by atoms with Gasteiger partial charge in [0.15, 0.2) is 15.0 Å². The third-order valence-electron chi connectivity index (χ3n) is 2.32. The van der Waals surface area contributed by atoms with Crippen molar-refractivity contribution < 1.29 is 9.21 Å². The number of carbonyl (C=O) groups is 1. The summed E-state index contributed by atoms with van der Waals surface area (Å²) in [5, 5.41) is 7.28. The molecule has 0 aliphatic carbocycles. The summed E-state index contributed by atoms with van der Waals surface area (Å²) < 4.78 is 5.94. The monoisotopic (exact) mass is 363 g/mol. The molecule has 0 fully saturated rings. The van der Waals surface area contributed by atoms with Gasteiger partial charge < -0.3 is 9.32 Å². The summed E-state index contributed by atoms with van der Waals surface area (Å²) >= 11 is 14.7. The largest absolute Gasteiger partial charge is 0.452 e. The molecular weight excluding hydrogens is 357 g/mol. The minimum Gasteiger partial charge on any atom is -0.452 e. The van der Waals surface area contributed by atoms with Crippen LogP contribution in [-0.4, -0.2) is 28.1 Å². The smallest absolute Gasteiger partial charge is 0.257 e. The van der Waals surface area contributed by atoms with Crippen LogP contribution in [0, 0.1) is 0 Å². The molecule has 0 N–H and O–H groups in total. The van der Waals surface area contributed by atoms with Crippen LogP contribution in [0.1, 0.15) is 16.1 Å². The molecule has 100 valence electrons. The Morgan fingerprint density at radius 2 is 2.16 bits per heavy atom. The van der Waals surface area contributed by atoms with Crippen molar-refractivity contribution in [3.63, 3.8) is 0 Å². The number of hydrogen-bond acceptors (Lipinski definition) is 4. The van der Waals surface area contributed by atoms with Crippen LogP contribution < -0.4 is 0 Å². The van der Waals surface area contributed by atoms with E-state index < -0.39 is 0 Å². The summed E-state index contributed by atoms with van der Waals surface area (Å²) in [6.07, 6.45) is 0. The average Bonchev–Trinajstić information content (AvgIpc) is 2.77. The minimum absolute atomic E-state index is 0.0156. The van der Waals surface area contributed by atoms with Gasteiger partial charge in [-0.05, 0) is 34.1 Å². The van der Waals surface area contributed by atoms with Crippen molar-refractivity contribution in [3.8, 4) is 0 Å². The topological polar surface area (TPSA) is 59.2 Å². The number of nitrogens with zero attached hydrogens (tertiary/aromatic N) is 3. The lowest BCUT2D eigenvalue weighted by Crippen LogP contribution is -2.26. The molecule has 2 heterocycles. The van der Waals surface area contributed by atoms with Gasteiger partial charge in [-0.2, -0.15) is 0 Å². The Hall–Kier alpha value is -1.11. The quantitative estimate of drug-likeness (QED) is 0.837. The average molecular weight is 365 g/mol. The normalized spacial score (nSPS) is 10.5. The van der Waals surface area contributed by atoms with Gasteiger partial charge >= 0.3 is 0 Å². The van der Waals surface area contributed by atoms with E-state index in [1.807, 2.05) is 0 Å². The maximum absolute atomic E-state index is 12.2. The molecule has 0 aliphatic heterocycles. The van der Waals surface area contributed by atoms with Crippen molar-refractivity contribution in [2.75, 3.05) is 7.05 Å². The lowest BCUT2D eigenvalue weighted by Gasteiger charge is -2.16. The Morgan fingerprint density at radius 1 is 1.42 bits per heavy atom. The first-order valence-electron chi connectivity index (χ1n) is 5.16. The molecule has 2 aromatic heterocycles. The maximum Gasteiger partial charge on any atom is 0.257 e. The summed E-state index contributed by atoms with van der Waals surface area (Å²) in [5.41, 5.74) is 0.204. The molecular formula is C11H8BrCl2N3O2. The fourth-order valence-electron chi connectivity index (χ4n) is 1.45. The zero-order valence-electron chi connectivity index (χ0n) is 9.73. The van der Waals surface area contributed by atoms with E-state index in [0.29, 0.717) is 17.0 Å². The van der Waals surface area contributed by atoms with Crippen molar-refractivity contribution in [2.24, 2.45) is 0 Å². The number of halogens is 3. The van der Waals surface area contributed by atoms with Crippen molar-refractivity contribution in [1.82, 2.24) is 15.1 Å². The number of carbonyl (C=O) groups excluding carboxylic acids is 1. The van der Waals surface area contributed by atoms with Crippen molar-refractivity contribution in [2.45, 2.75) is 6.54 Å². The molecule has 8 heteroatoms. The summed E-state index contributed by atoms with van der Waals surface area (Å²) in [5.74, 6) is 0.335. The van der Waals surface area contributed by atoms with Gasteiger partial charge in [0.05, 0.1) is 12.1 Å². The van der Waals surface area contributed by atoms with E-state index in [-0.39, 0.29) is 21.8 Å². The molecule has 5 nitrogen and oxygen atoms in total. The first kappa shape index (κ1) is 14.3. The number of furan rings is 1. The summed E-state index contributed by atoms with van der Waals surface area (Å²) in [6.45, 7) is 0.306. The second-order valence-electron chi connectivity index (χ2n) is 3.74. The predicted molar refractivity (Wildman–Crippen MR) is 74.3 cm³/mol. The fraction of sp³-hybridized carbons (Fsp3) is 0.182. The standard InChI is InChI=1S/C11H8BrCl2N3O2/c1-17(5-6-2-3-8(12)19-6)11(18)7-4-9(13)15-16-10(7)14/h2-4H,5H2,1H3. The molecule has 0 aliphatic rings. The Balaban J connectivity index is 2.16. The van der Waals surface area contributed by atoms with E-state index >= 15 is 0 Å². The molecule has 0 spiro atoms. The molecule has 0 saturated heterocycles. The Labute approximate surface area is 127 Å². The molecule has 1 amide bonds. The highest BCUT2D eigenvalue weighted by atomic mass is 79.9. The molecule has 2 aromatic rings. The number of hydrogen-bond donors (Lipinski definition) is 0. The molecule has 0 aromatic carbocycles. The van der Waals surface area contributed by atoms with Crippen LogP contribution in [0.5, 0.6) is 0 Å². The maximum atomic E-state index is 12.2. The Morgan fingerprint density at radius 3 is 2.79 bits per heavy atom. The van der Waals surface area contributed by atoms with Gasteiger partial charge in [-0.3, -0.25) is 4.79 Å². The molecule has 0 atom stereocenters. The Kier molecular flexibility index (Phi) is 4.44. The van der Waals surface area contributed by atoms with Gasteiger partial charge in [0.2, 0.25) is 0 Å². The fourth-order valence-corrected chi connectivity index (χ4v) is 2.11. The molecule has 19 heavy (non-hydrogen) atoms. The molecule has 0 unspecified atom stereocenters. The van der Waals surface area contributed by atoms with Crippen molar-refractivity contribution >= 4 is 45.0 Å². The second-order valence-corrected chi connectivity index (χ2v) is 5.27. The highest BCUT2D eigenvalue weighted by Gasteiger charge is 2.18. The van der Waals surface area contributed by atoms with E-state index in [1.54, 1.807) is 19.2 Å². The highest BCUT2D eigenvalue weighted by Crippen LogP contribution is 2.19. The van der Waals surface area contributed by atoms with Gasteiger partial charge in [0.25, 0.3) is 5.91 Å². The van der Waals surface area contributed by atoms with Crippen LogP contribution in [0.2, 0.25) is 10.3 Å². The Bertz CT molecular complexity index is 618. The molecule has 0 bridgehead atoms. The van der Waals surface area contributed by atoms with Crippen LogP contribution in [0.3, 0.4) is 0 Å². The third-order valence-corrected chi connectivity index (χ3v) is 3.21. The van der Waals surface area contributed by atoms with E-state index in [1.165, 1.54) is 11.0 Å². The SMILES string of the molecule is CN(Cc1ccc(Br)o1)C(=O)c1cc(Cl)nnc1Cl. The van der Waals surface area contributed by atoms with Crippen molar-refractivity contribution in [1.29, 1.82) is 0 Å².